The van der Waals surface area contributed by atoms with Crippen LogP contribution in [0.2, 0.25) is 0 Å². The smallest absolute Gasteiger partial charge is 0.225 e. The fourth-order valence-electron chi connectivity index (χ4n) is 1.89. The minimum Gasteiger partial charge on any atom is -0.383 e. The molecule has 0 aliphatic heterocycles. The van der Waals surface area contributed by atoms with Crippen molar-refractivity contribution in [2.24, 2.45) is 0 Å². The van der Waals surface area contributed by atoms with E-state index in [2.05, 4.69) is 40.5 Å². The molecule has 104 valence electrons. The van der Waals surface area contributed by atoms with Gasteiger partial charge in [-0.2, -0.15) is 4.98 Å². The van der Waals surface area contributed by atoms with Crippen LogP contribution in [-0.4, -0.2) is 36.8 Å². The number of ether oxygens (including phenoxy) is 1. The number of thiophene rings is 1. The van der Waals surface area contributed by atoms with Crippen LogP contribution in [0.15, 0.2) is 6.07 Å². The molecule has 0 fully saturated rings. The minimum absolute atomic E-state index is 0.206. The van der Waals surface area contributed by atoms with Crippen molar-refractivity contribution in [2.45, 2.75) is 26.3 Å². The lowest BCUT2D eigenvalue weighted by molar-refractivity contribution is 0.190. The average molecular weight is 280 g/mol. The van der Waals surface area contributed by atoms with Gasteiger partial charge >= 0.3 is 0 Å². The second kappa shape index (κ2) is 6.16. The van der Waals surface area contributed by atoms with E-state index in [-0.39, 0.29) is 6.04 Å². The van der Waals surface area contributed by atoms with E-state index < -0.39 is 0 Å². The Morgan fingerprint density at radius 3 is 2.84 bits per heavy atom. The van der Waals surface area contributed by atoms with Crippen LogP contribution in [0.5, 0.6) is 0 Å². The predicted molar refractivity (Wildman–Crippen MR) is 81.3 cm³/mol. The highest BCUT2D eigenvalue weighted by Crippen LogP contribution is 2.30. The molecule has 0 amide bonds. The Labute approximate surface area is 117 Å². The molecule has 1 atom stereocenters. The van der Waals surface area contributed by atoms with Gasteiger partial charge in [0.2, 0.25) is 5.95 Å². The summed E-state index contributed by atoms with van der Waals surface area (Å²) in [6, 6.07) is 2.37. The molecular formula is C13H20N4OS. The molecule has 0 spiro atoms. The van der Waals surface area contributed by atoms with Gasteiger partial charge in [0.1, 0.15) is 10.6 Å². The number of anilines is 2. The molecule has 0 saturated carbocycles. The van der Waals surface area contributed by atoms with Gasteiger partial charge in [-0.15, -0.1) is 11.3 Å². The molecule has 2 aromatic rings. The Hall–Kier alpha value is -1.40. The zero-order chi connectivity index (χ0) is 13.8. The van der Waals surface area contributed by atoms with Crippen LogP contribution in [0.3, 0.4) is 0 Å². The number of fused-ring (bicyclic) bond motifs is 1. The SMILES string of the molecule is CCc1cc2c(NC(C)COC)nc(NC)nc2s1. The van der Waals surface area contributed by atoms with Crippen LogP contribution in [0.25, 0.3) is 10.2 Å². The van der Waals surface area contributed by atoms with Crippen molar-refractivity contribution in [3.63, 3.8) is 0 Å². The maximum absolute atomic E-state index is 5.15. The number of aromatic nitrogens is 2. The predicted octanol–water partition coefficient (Wildman–Crippen LogP) is 2.74. The summed E-state index contributed by atoms with van der Waals surface area (Å²) in [5, 5.41) is 7.48. The topological polar surface area (TPSA) is 59.1 Å². The molecule has 0 aliphatic carbocycles. The van der Waals surface area contributed by atoms with Crippen LogP contribution in [0.4, 0.5) is 11.8 Å². The van der Waals surface area contributed by atoms with Gasteiger partial charge in [0.25, 0.3) is 0 Å². The van der Waals surface area contributed by atoms with Crippen molar-refractivity contribution < 1.29 is 4.74 Å². The Bertz CT molecular complexity index is 555. The zero-order valence-electron chi connectivity index (χ0n) is 11.8. The van der Waals surface area contributed by atoms with Crippen molar-refractivity contribution in [3.05, 3.63) is 10.9 Å². The van der Waals surface area contributed by atoms with E-state index in [4.69, 9.17) is 4.74 Å². The largest absolute Gasteiger partial charge is 0.383 e. The highest BCUT2D eigenvalue weighted by atomic mass is 32.1. The summed E-state index contributed by atoms with van der Waals surface area (Å²) in [7, 11) is 3.53. The normalized spacial score (nSPS) is 12.6. The van der Waals surface area contributed by atoms with Gasteiger partial charge in [-0.1, -0.05) is 6.92 Å². The molecule has 2 N–H and O–H groups in total. The molecular weight excluding hydrogens is 260 g/mol. The highest BCUT2D eigenvalue weighted by Gasteiger charge is 2.12. The van der Waals surface area contributed by atoms with Gasteiger partial charge < -0.3 is 15.4 Å². The first-order valence-electron chi connectivity index (χ1n) is 6.41. The van der Waals surface area contributed by atoms with Crippen molar-refractivity contribution >= 4 is 33.3 Å². The third-order valence-electron chi connectivity index (χ3n) is 2.82. The van der Waals surface area contributed by atoms with Gasteiger partial charge in [-0.3, -0.25) is 0 Å². The zero-order valence-corrected chi connectivity index (χ0v) is 12.6. The van der Waals surface area contributed by atoms with E-state index in [1.165, 1.54) is 4.88 Å². The molecule has 0 radical (unpaired) electrons. The molecule has 2 heterocycles. The van der Waals surface area contributed by atoms with Crippen LogP contribution >= 0.6 is 11.3 Å². The Kier molecular flexibility index (Phi) is 4.55. The first kappa shape index (κ1) is 14.0. The molecule has 0 aliphatic rings. The summed E-state index contributed by atoms with van der Waals surface area (Å²) in [5.41, 5.74) is 0. The Balaban J connectivity index is 2.41. The van der Waals surface area contributed by atoms with E-state index in [1.54, 1.807) is 18.4 Å². The van der Waals surface area contributed by atoms with Gasteiger partial charge in [-0.05, 0) is 19.4 Å². The van der Waals surface area contributed by atoms with Crippen LogP contribution < -0.4 is 10.6 Å². The highest BCUT2D eigenvalue weighted by molar-refractivity contribution is 7.18. The number of rotatable bonds is 6. The molecule has 6 heteroatoms. The number of nitrogens with zero attached hydrogens (tertiary/aromatic N) is 2. The second-order valence-electron chi connectivity index (χ2n) is 4.43. The van der Waals surface area contributed by atoms with Crippen molar-refractivity contribution in [1.29, 1.82) is 0 Å². The molecule has 2 aromatic heterocycles. The standard InChI is InChI=1S/C13H20N4OS/c1-5-9-6-10-11(15-8(2)7-18-4)16-13(14-3)17-12(10)19-9/h6,8H,5,7H2,1-4H3,(H2,14,15,16,17). The maximum atomic E-state index is 5.15. The Morgan fingerprint density at radius 1 is 1.42 bits per heavy atom. The third kappa shape index (κ3) is 3.13. The molecule has 19 heavy (non-hydrogen) atoms. The van der Waals surface area contributed by atoms with Gasteiger partial charge in [0.05, 0.1) is 12.0 Å². The van der Waals surface area contributed by atoms with E-state index in [0.717, 1.165) is 22.5 Å². The minimum atomic E-state index is 0.206. The molecule has 2 rings (SSSR count). The summed E-state index contributed by atoms with van der Waals surface area (Å²) in [4.78, 5) is 11.3. The van der Waals surface area contributed by atoms with Gasteiger partial charge in [0.15, 0.2) is 0 Å². The van der Waals surface area contributed by atoms with Gasteiger partial charge in [0, 0.05) is 25.1 Å². The summed E-state index contributed by atoms with van der Waals surface area (Å²) in [6.45, 7) is 4.87. The Morgan fingerprint density at radius 2 is 2.21 bits per heavy atom. The van der Waals surface area contributed by atoms with E-state index in [9.17, 15) is 0 Å². The van der Waals surface area contributed by atoms with Crippen LogP contribution in [0, 0.1) is 0 Å². The van der Waals surface area contributed by atoms with Crippen LogP contribution in [-0.2, 0) is 11.2 Å². The average Bonchev–Trinajstić information content (AvgIpc) is 2.82. The fraction of sp³-hybridized carbons (Fsp3) is 0.538. The summed E-state index contributed by atoms with van der Waals surface area (Å²) in [6.07, 6.45) is 1.02. The molecule has 5 nitrogen and oxygen atoms in total. The number of nitrogens with one attached hydrogen (secondary N) is 2. The lowest BCUT2D eigenvalue weighted by Gasteiger charge is -2.14. The molecule has 0 saturated heterocycles. The van der Waals surface area contributed by atoms with Crippen molar-refractivity contribution in [1.82, 2.24) is 9.97 Å². The fourth-order valence-corrected chi connectivity index (χ4v) is 2.86. The lowest BCUT2D eigenvalue weighted by atomic mass is 10.3. The van der Waals surface area contributed by atoms with Crippen molar-refractivity contribution in [3.8, 4) is 0 Å². The summed E-state index contributed by atoms with van der Waals surface area (Å²) < 4.78 is 5.15. The number of aryl methyl sites for hydroxylation is 1. The van der Waals surface area contributed by atoms with Crippen molar-refractivity contribution in [2.75, 3.05) is 31.4 Å². The van der Waals surface area contributed by atoms with E-state index in [0.29, 0.717) is 12.6 Å². The monoisotopic (exact) mass is 280 g/mol. The molecule has 1 unspecified atom stereocenters. The molecule has 0 bridgehead atoms. The first-order chi connectivity index (χ1) is 9.17. The summed E-state index contributed by atoms with van der Waals surface area (Å²) in [5.74, 6) is 1.51. The summed E-state index contributed by atoms with van der Waals surface area (Å²) >= 11 is 1.72. The van der Waals surface area contributed by atoms with Gasteiger partial charge in [-0.25, -0.2) is 4.98 Å². The second-order valence-corrected chi connectivity index (χ2v) is 5.55. The molecule has 0 aromatic carbocycles. The first-order valence-corrected chi connectivity index (χ1v) is 7.23. The maximum Gasteiger partial charge on any atom is 0.225 e. The van der Waals surface area contributed by atoms with Crippen LogP contribution in [0.1, 0.15) is 18.7 Å². The number of methoxy groups -OCH3 is 1. The van der Waals surface area contributed by atoms with E-state index >= 15 is 0 Å². The lowest BCUT2D eigenvalue weighted by Crippen LogP contribution is -2.21. The number of hydrogen-bond donors (Lipinski definition) is 2. The third-order valence-corrected chi connectivity index (χ3v) is 3.99. The van der Waals surface area contributed by atoms with E-state index in [1.807, 2.05) is 7.05 Å². The quantitative estimate of drug-likeness (QED) is 0.852. The number of hydrogen-bond acceptors (Lipinski definition) is 6.